The Morgan fingerprint density at radius 3 is 2.46 bits per heavy atom. The van der Waals surface area contributed by atoms with Crippen molar-refractivity contribution in [2.24, 2.45) is 5.92 Å². The Balaban J connectivity index is 1.21. The van der Waals surface area contributed by atoms with Crippen LogP contribution in [0.5, 0.6) is 5.75 Å². The van der Waals surface area contributed by atoms with E-state index in [2.05, 4.69) is 73.2 Å². The molecule has 1 aliphatic rings. The van der Waals surface area contributed by atoms with Gasteiger partial charge < -0.3 is 14.6 Å². The highest BCUT2D eigenvalue weighted by molar-refractivity contribution is 5.79. The van der Waals surface area contributed by atoms with Crippen molar-refractivity contribution in [1.82, 2.24) is 20.4 Å². The second-order valence-electron chi connectivity index (χ2n) is 11.4. The van der Waals surface area contributed by atoms with E-state index in [-0.39, 0.29) is 23.3 Å². The van der Waals surface area contributed by atoms with Crippen molar-refractivity contribution in [3.63, 3.8) is 0 Å². The molecule has 1 N–H and O–H groups in total. The molecule has 2 aromatic carbocycles. The van der Waals surface area contributed by atoms with E-state index in [9.17, 15) is 4.79 Å². The summed E-state index contributed by atoms with van der Waals surface area (Å²) in [5.74, 6) is 2.18. The molecular weight excluding hydrogens is 464 g/mol. The van der Waals surface area contributed by atoms with Gasteiger partial charge in [-0.25, -0.2) is 0 Å². The van der Waals surface area contributed by atoms with Gasteiger partial charge in [0.2, 0.25) is 17.6 Å². The van der Waals surface area contributed by atoms with Crippen LogP contribution in [0.25, 0.3) is 11.4 Å². The van der Waals surface area contributed by atoms with Crippen molar-refractivity contribution in [2.75, 3.05) is 19.7 Å². The fourth-order valence-electron chi connectivity index (χ4n) is 4.53. The van der Waals surface area contributed by atoms with Gasteiger partial charge in [0.05, 0.1) is 12.6 Å². The SMILES string of the molecule is Cc1ccc(OCC(C)NC(=O)C2CCN(Cc3nc(-c4ccc(C(C)(C)C)cc4)no3)CC2)cc1C. The number of nitrogens with zero attached hydrogens (tertiary/aromatic N) is 3. The fourth-order valence-corrected chi connectivity index (χ4v) is 4.53. The zero-order valence-corrected chi connectivity index (χ0v) is 23.0. The summed E-state index contributed by atoms with van der Waals surface area (Å²) < 4.78 is 11.4. The van der Waals surface area contributed by atoms with E-state index in [0.29, 0.717) is 24.9 Å². The lowest BCUT2D eigenvalue weighted by Gasteiger charge is -2.30. The van der Waals surface area contributed by atoms with Crippen LogP contribution in [0.4, 0.5) is 0 Å². The molecule has 4 rings (SSSR count). The van der Waals surface area contributed by atoms with E-state index >= 15 is 0 Å². The number of piperidine rings is 1. The standard InChI is InChI=1S/C30H40N4O3/c1-20-7-12-26(17-21(20)2)36-19-22(3)31-29(35)24-13-15-34(16-14-24)18-27-32-28(33-37-27)23-8-10-25(11-9-23)30(4,5)6/h7-12,17,22,24H,13-16,18-19H2,1-6H3,(H,31,35). The van der Waals surface area contributed by atoms with Gasteiger partial charge in [-0.1, -0.05) is 56.3 Å². The molecule has 1 saturated heterocycles. The molecule has 0 bridgehead atoms. The second-order valence-corrected chi connectivity index (χ2v) is 11.4. The number of ether oxygens (including phenoxy) is 1. The largest absolute Gasteiger partial charge is 0.491 e. The maximum absolute atomic E-state index is 12.8. The number of carbonyl (C=O) groups excluding carboxylic acids is 1. The van der Waals surface area contributed by atoms with E-state index in [1.807, 2.05) is 31.2 Å². The van der Waals surface area contributed by atoms with Crippen LogP contribution in [0, 0.1) is 19.8 Å². The zero-order chi connectivity index (χ0) is 26.6. The summed E-state index contributed by atoms with van der Waals surface area (Å²) in [5, 5.41) is 7.30. The molecule has 1 aliphatic heterocycles. The normalized spacial score (nSPS) is 15.9. The minimum atomic E-state index is -0.0542. The third kappa shape index (κ3) is 7.19. The first-order valence-electron chi connectivity index (χ1n) is 13.2. The Morgan fingerprint density at radius 2 is 1.81 bits per heavy atom. The molecule has 2 heterocycles. The van der Waals surface area contributed by atoms with Crippen molar-refractivity contribution in [2.45, 2.75) is 72.4 Å². The Morgan fingerprint density at radius 1 is 1.11 bits per heavy atom. The van der Waals surface area contributed by atoms with Crippen molar-refractivity contribution >= 4 is 5.91 Å². The number of amides is 1. The van der Waals surface area contributed by atoms with Crippen LogP contribution >= 0.6 is 0 Å². The number of aromatic nitrogens is 2. The lowest BCUT2D eigenvalue weighted by molar-refractivity contribution is -0.127. The lowest BCUT2D eigenvalue weighted by atomic mass is 9.87. The highest BCUT2D eigenvalue weighted by Crippen LogP contribution is 2.25. The predicted molar refractivity (Wildman–Crippen MR) is 145 cm³/mol. The quantitative estimate of drug-likeness (QED) is 0.440. The smallest absolute Gasteiger partial charge is 0.241 e. The Bertz CT molecular complexity index is 1190. The topological polar surface area (TPSA) is 80.5 Å². The molecule has 7 nitrogen and oxygen atoms in total. The lowest BCUT2D eigenvalue weighted by Crippen LogP contribution is -2.44. The summed E-state index contributed by atoms with van der Waals surface area (Å²) in [6.07, 6.45) is 1.62. The van der Waals surface area contributed by atoms with Crippen LogP contribution in [0.3, 0.4) is 0 Å². The summed E-state index contributed by atoms with van der Waals surface area (Å²) in [7, 11) is 0. The minimum absolute atomic E-state index is 0.0138. The van der Waals surface area contributed by atoms with E-state index in [0.717, 1.165) is 37.2 Å². The van der Waals surface area contributed by atoms with Crippen LogP contribution < -0.4 is 10.1 Å². The maximum Gasteiger partial charge on any atom is 0.241 e. The second kappa shape index (κ2) is 11.5. The van der Waals surface area contributed by atoms with Gasteiger partial charge in [-0.2, -0.15) is 4.98 Å². The Hall–Kier alpha value is -3.19. The summed E-state index contributed by atoms with van der Waals surface area (Å²) in [4.78, 5) is 19.7. The van der Waals surface area contributed by atoms with E-state index in [4.69, 9.17) is 9.26 Å². The van der Waals surface area contributed by atoms with E-state index < -0.39 is 0 Å². The third-order valence-electron chi connectivity index (χ3n) is 7.16. The van der Waals surface area contributed by atoms with Gasteiger partial charge in [-0.05, 0) is 80.9 Å². The van der Waals surface area contributed by atoms with Crippen molar-refractivity contribution in [1.29, 1.82) is 0 Å². The highest BCUT2D eigenvalue weighted by atomic mass is 16.5. The van der Waals surface area contributed by atoms with Crippen molar-refractivity contribution in [3.05, 3.63) is 65.0 Å². The van der Waals surface area contributed by atoms with Crippen LogP contribution in [0.1, 0.15) is 63.1 Å². The van der Waals surface area contributed by atoms with Gasteiger partial charge in [0.1, 0.15) is 12.4 Å². The summed E-state index contributed by atoms with van der Waals surface area (Å²) in [5.41, 5.74) is 4.78. The van der Waals surface area contributed by atoms with Crippen LogP contribution in [-0.4, -0.2) is 46.7 Å². The molecule has 0 saturated carbocycles. The molecule has 37 heavy (non-hydrogen) atoms. The molecule has 0 radical (unpaired) electrons. The third-order valence-corrected chi connectivity index (χ3v) is 7.16. The molecule has 7 heteroatoms. The number of hydrogen-bond donors (Lipinski definition) is 1. The van der Waals surface area contributed by atoms with Gasteiger partial charge in [0, 0.05) is 11.5 Å². The van der Waals surface area contributed by atoms with Crippen molar-refractivity contribution in [3.8, 4) is 17.1 Å². The molecule has 0 aliphatic carbocycles. The average molecular weight is 505 g/mol. The molecule has 3 aromatic rings. The first-order chi connectivity index (χ1) is 17.6. The number of aryl methyl sites for hydroxylation is 2. The molecule has 1 atom stereocenters. The fraction of sp³-hybridized carbons (Fsp3) is 0.500. The molecule has 1 unspecified atom stereocenters. The number of nitrogens with one attached hydrogen (secondary N) is 1. The Kier molecular flexibility index (Phi) is 8.32. The van der Waals surface area contributed by atoms with Gasteiger partial charge in [0.25, 0.3) is 0 Å². The molecule has 1 amide bonds. The van der Waals surface area contributed by atoms with Crippen molar-refractivity contribution < 1.29 is 14.1 Å². The first kappa shape index (κ1) is 26.9. The number of rotatable bonds is 8. The highest BCUT2D eigenvalue weighted by Gasteiger charge is 2.27. The van der Waals surface area contributed by atoms with Gasteiger partial charge in [-0.3, -0.25) is 9.69 Å². The molecule has 1 fully saturated rings. The maximum atomic E-state index is 12.8. The number of benzene rings is 2. The van der Waals surface area contributed by atoms with Crippen LogP contribution in [0.15, 0.2) is 47.0 Å². The zero-order valence-electron chi connectivity index (χ0n) is 23.0. The van der Waals surface area contributed by atoms with E-state index in [1.54, 1.807) is 0 Å². The number of likely N-dealkylation sites (tertiary alicyclic amines) is 1. The first-order valence-corrected chi connectivity index (χ1v) is 13.2. The minimum Gasteiger partial charge on any atom is -0.491 e. The van der Waals surface area contributed by atoms with Crippen LogP contribution in [0.2, 0.25) is 0 Å². The number of carbonyl (C=O) groups is 1. The predicted octanol–water partition coefficient (Wildman–Crippen LogP) is 5.45. The summed E-state index contributed by atoms with van der Waals surface area (Å²) in [6, 6.07) is 14.4. The number of hydrogen-bond acceptors (Lipinski definition) is 6. The molecule has 1 aromatic heterocycles. The molecule has 198 valence electrons. The summed E-state index contributed by atoms with van der Waals surface area (Å²) >= 11 is 0. The molecule has 0 spiro atoms. The average Bonchev–Trinajstić information content (AvgIpc) is 3.33. The van der Waals surface area contributed by atoms with Gasteiger partial charge in [-0.15, -0.1) is 0 Å². The van der Waals surface area contributed by atoms with E-state index in [1.165, 1.54) is 16.7 Å². The van der Waals surface area contributed by atoms with Crippen LogP contribution in [-0.2, 0) is 16.8 Å². The monoisotopic (exact) mass is 504 g/mol. The van der Waals surface area contributed by atoms with Gasteiger partial charge in [0.15, 0.2) is 0 Å². The molecular formula is C30H40N4O3. The summed E-state index contributed by atoms with van der Waals surface area (Å²) in [6.45, 7) is 15.4. The Labute approximate surface area is 220 Å². The van der Waals surface area contributed by atoms with Gasteiger partial charge >= 0.3 is 0 Å².